The summed E-state index contributed by atoms with van der Waals surface area (Å²) in [5.41, 5.74) is 0.643. The van der Waals surface area contributed by atoms with Crippen LogP contribution in [0.4, 0.5) is 4.79 Å². The molecule has 1 saturated heterocycles. The number of piperazine rings is 1. The highest BCUT2D eigenvalue weighted by Gasteiger charge is 2.31. The van der Waals surface area contributed by atoms with Crippen LogP contribution in [0.1, 0.15) is 27.7 Å². The van der Waals surface area contributed by atoms with Crippen LogP contribution in [0.15, 0.2) is 12.2 Å². The zero-order chi connectivity index (χ0) is 13.9. The van der Waals surface area contributed by atoms with Crippen LogP contribution in [0.5, 0.6) is 0 Å². The Bertz CT molecular complexity index is 325. The first-order valence-electron chi connectivity index (χ1n) is 6.18. The molecule has 0 saturated carbocycles. The van der Waals surface area contributed by atoms with Crippen molar-refractivity contribution in [2.24, 2.45) is 0 Å². The van der Waals surface area contributed by atoms with Gasteiger partial charge in [-0.1, -0.05) is 24.1 Å². The fraction of sp³-hybridized carbons (Fsp3) is 0.769. The Morgan fingerprint density at radius 2 is 2.00 bits per heavy atom. The van der Waals surface area contributed by atoms with Crippen molar-refractivity contribution in [3.63, 3.8) is 0 Å². The molecule has 5 heteroatoms. The van der Waals surface area contributed by atoms with Crippen molar-refractivity contribution < 1.29 is 9.53 Å². The fourth-order valence-corrected chi connectivity index (χ4v) is 2.64. The summed E-state index contributed by atoms with van der Waals surface area (Å²) in [7, 11) is 0. The molecule has 1 amide bonds. The maximum absolute atomic E-state index is 12.0. The zero-order valence-corrected chi connectivity index (χ0v) is 12.8. The summed E-state index contributed by atoms with van der Waals surface area (Å²) in [6.07, 6.45) is 1.83. The Labute approximate surface area is 114 Å². The average Bonchev–Trinajstić information content (AvgIpc) is 2.25. The van der Waals surface area contributed by atoms with E-state index in [1.807, 2.05) is 27.7 Å². The molecule has 0 spiro atoms. The third-order valence-electron chi connectivity index (χ3n) is 2.79. The van der Waals surface area contributed by atoms with E-state index in [1.165, 1.54) is 0 Å². The molecule has 4 nitrogen and oxygen atoms in total. The third-order valence-corrected chi connectivity index (χ3v) is 3.69. The van der Waals surface area contributed by atoms with E-state index in [4.69, 9.17) is 4.74 Å². The Morgan fingerprint density at radius 1 is 1.39 bits per heavy atom. The van der Waals surface area contributed by atoms with E-state index in [2.05, 4.69) is 17.1 Å². The van der Waals surface area contributed by atoms with Crippen molar-refractivity contribution in [1.82, 2.24) is 9.21 Å². The van der Waals surface area contributed by atoms with Gasteiger partial charge in [0, 0.05) is 19.6 Å². The molecule has 0 radical (unpaired) electrons. The van der Waals surface area contributed by atoms with Gasteiger partial charge in [-0.05, 0) is 34.0 Å². The summed E-state index contributed by atoms with van der Waals surface area (Å²) in [6.45, 7) is 13.9. The predicted octanol–water partition coefficient (Wildman–Crippen LogP) is 2.76. The zero-order valence-electron chi connectivity index (χ0n) is 12.0. The summed E-state index contributed by atoms with van der Waals surface area (Å²) < 4.78 is 7.67. The highest BCUT2D eigenvalue weighted by Crippen LogP contribution is 2.23. The summed E-state index contributed by atoms with van der Waals surface area (Å²) in [6, 6.07) is 0.210. The summed E-state index contributed by atoms with van der Waals surface area (Å²) in [5.74, 6) is 0. The first-order valence-corrected chi connectivity index (χ1v) is 7.37. The van der Waals surface area contributed by atoms with Crippen molar-refractivity contribution in [2.45, 2.75) is 39.3 Å². The SMILES string of the molecule is C=C(C)C1CN(C(=O)OC(C)(C)C)CCN1SC. The lowest BCUT2D eigenvalue weighted by atomic mass is 10.1. The van der Waals surface area contributed by atoms with Crippen molar-refractivity contribution in [1.29, 1.82) is 0 Å². The highest BCUT2D eigenvalue weighted by atomic mass is 32.2. The largest absolute Gasteiger partial charge is 0.444 e. The second-order valence-electron chi connectivity index (χ2n) is 5.61. The normalized spacial score (nSPS) is 21.8. The monoisotopic (exact) mass is 272 g/mol. The summed E-state index contributed by atoms with van der Waals surface area (Å²) in [4.78, 5) is 13.8. The molecule has 0 N–H and O–H groups in total. The third kappa shape index (κ3) is 4.21. The molecule has 1 atom stereocenters. The van der Waals surface area contributed by atoms with E-state index >= 15 is 0 Å². The molecular weight excluding hydrogens is 248 g/mol. The lowest BCUT2D eigenvalue weighted by Crippen LogP contribution is -2.53. The molecular formula is C13H24N2O2S. The Kier molecular flexibility index (Phi) is 5.10. The van der Waals surface area contributed by atoms with Crippen molar-refractivity contribution in [3.8, 4) is 0 Å². The van der Waals surface area contributed by atoms with Crippen LogP contribution in [-0.4, -0.2) is 52.8 Å². The number of nitrogens with zero attached hydrogens (tertiary/aromatic N) is 2. The van der Waals surface area contributed by atoms with Gasteiger partial charge in [0.1, 0.15) is 5.60 Å². The summed E-state index contributed by atoms with van der Waals surface area (Å²) >= 11 is 1.70. The van der Waals surface area contributed by atoms with E-state index in [0.717, 1.165) is 12.1 Å². The van der Waals surface area contributed by atoms with Gasteiger partial charge in [-0.3, -0.25) is 0 Å². The predicted molar refractivity (Wildman–Crippen MR) is 76.6 cm³/mol. The number of rotatable bonds is 2. The van der Waals surface area contributed by atoms with Gasteiger partial charge in [-0.2, -0.15) is 0 Å². The van der Waals surface area contributed by atoms with Gasteiger partial charge in [-0.25, -0.2) is 9.10 Å². The lowest BCUT2D eigenvalue weighted by molar-refractivity contribution is 0.0161. The Morgan fingerprint density at radius 3 is 2.44 bits per heavy atom. The number of hydrogen-bond donors (Lipinski definition) is 0. The van der Waals surface area contributed by atoms with Crippen LogP contribution in [0.3, 0.4) is 0 Å². The molecule has 0 aromatic heterocycles. The van der Waals surface area contributed by atoms with E-state index in [-0.39, 0.29) is 12.1 Å². The molecule has 0 aromatic carbocycles. The second kappa shape index (κ2) is 5.97. The van der Waals surface area contributed by atoms with Crippen LogP contribution in [0.2, 0.25) is 0 Å². The van der Waals surface area contributed by atoms with E-state index in [0.29, 0.717) is 13.1 Å². The fourth-order valence-electron chi connectivity index (χ4n) is 1.88. The molecule has 0 bridgehead atoms. The number of ether oxygens (including phenoxy) is 1. The number of amides is 1. The van der Waals surface area contributed by atoms with Gasteiger partial charge in [0.15, 0.2) is 0 Å². The summed E-state index contributed by atoms with van der Waals surface area (Å²) in [5, 5.41) is 0. The van der Waals surface area contributed by atoms with Gasteiger partial charge in [0.2, 0.25) is 0 Å². The average molecular weight is 272 g/mol. The van der Waals surface area contributed by atoms with Crippen molar-refractivity contribution in [3.05, 3.63) is 12.2 Å². The standard InChI is InChI=1S/C13H24N2O2S/c1-10(2)11-9-14(7-8-15(11)18-6)12(16)17-13(3,4)5/h11H,1,7-9H2,2-6H3. The Hall–Kier alpha value is -0.680. The molecule has 0 aromatic rings. The first kappa shape index (κ1) is 15.4. The maximum Gasteiger partial charge on any atom is 0.410 e. The molecule has 0 aliphatic carbocycles. The highest BCUT2D eigenvalue weighted by molar-refractivity contribution is 7.96. The minimum Gasteiger partial charge on any atom is -0.444 e. The van der Waals surface area contributed by atoms with E-state index < -0.39 is 5.60 Å². The van der Waals surface area contributed by atoms with Gasteiger partial charge in [0.05, 0.1) is 6.04 Å². The lowest BCUT2D eigenvalue weighted by Gasteiger charge is -2.40. The smallest absolute Gasteiger partial charge is 0.410 e. The number of carbonyl (C=O) groups is 1. The molecule has 18 heavy (non-hydrogen) atoms. The van der Waals surface area contributed by atoms with Crippen LogP contribution in [0.25, 0.3) is 0 Å². The molecule has 1 heterocycles. The number of carbonyl (C=O) groups excluding carboxylic acids is 1. The van der Waals surface area contributed by atoms with Crippen molar-refractivity contribution in [2.75, 3.05) is 25.9 Å². The molecule has 1 aliphatic heterocycles. The number of hydrogen-bond acceptors (Lipinski definition) is 4. The molecule has 1 aliphatic rings. The molecule has 1 fully saturated rings. The topological polar surface area (TPSA) is 32.8 Å². The minimum atomic E-state index is -0.438. The first-order chi connectivity index (χ1) is 8.24. The van der Waals surface area contributed by atoms with Crippen LogP contribution < -0.4 is 0 Å². The van der Waals surface area contributed by atoms with E-state index in [1.54, 1.807) is 16.8 Å². The second-order valence-corrected chi connectivity index (χ2v) is 6.45. The van der Waals surface area contributed by atoms with Gasteiger partial charge < -0.3 is 9.64 Å². The molecule has 1 rings (SSSR count). The van der Waals surface area contributed by atoms with Crippen molar-refractivity contribution >= 4 is 18.0 Å². The molecule has 1 unspecified atom stereocenters. The van der Waals surface area contributed by atoms with E-state index in [9.17, 15) is 4.79 Å². The maximum atomic E-state index is 12.0. The van der Waals surface area contributed by atoms with Gasteiger partial charge in [0.25, 0.3) is 0 Å². The Balaban J connectivity index is 2.65. The van der Waals surface area contributed by atoms with Crippen LogP contribution in [0, 0.1) is 0 Å². The quantitative estimate of drug-likeness (QED) is 0.571. The van der Waals surface area contributed by atoms with Gasteiger partial charge >= 0.3 is 6.09 Å². The van der Waals surface area contributed by atoms with Crippen LogP contribution >= 0.6 is 11.9 Å². The molecule has 104 valence electrons. The van der Waals surface area contributed by atoms with Crippen LogP contribution in [-0.2, 0) is 4.74 Å². The minimum absolute atomic E-state index is 0.210. The van der Waals surface area contributed by atoms with Gasteiger partial charge in [-0.15, -0.1) is 0 Å².